The van der Waals surface area contributed by atoms with E-state index in [9.17, 15) is 22.8 Å². The number of aromatic nitrogens is 1. The van der Waals surface area contributed by atoms with E-state index in [1.54, 1.807) is 60.1 Å². The van der Waals surface area contributed by atoms with Crippen LogP contribution in [-0.2, 0) is 26.4 Å². The third-order valence-electron chi connectivity index (χ3n) is 7.11. The number of anilines is 1. The number of alkyl halides is 3. The Labute approximate surface area is 253 Å². The van der Waals surface area contributed by atoms with Gasteiger partial charge >= 0.3 is 6.18 Å². The van der Waals surface area contributed by atoms with E-state index in [-0.39, 0.29) is 11.5 Å². The average Bonchev–Trinajstić information content (AvgIpc) is 3.39. The normalized spacial score (nSPS) is 11.2. The van der Waals surface area contributed by atoms with Gasteiger partial charge in [-0.05, 0) is 58.7 Å². The van der Waals surface area contributed by atoms with E-state index >= 15 is 0 Å². The summed E-state index contributed by atoms with van der Waals surface area (Å²) < 4.78 is 46.5. The lowest BCUT2D eigenvalue weighted by Crippen LogP contribution is -2.27. The van der Waals surface area contributed by atoms with Gasteiger partial charge in [0.15, 0.2) is 0 Å². The SMILES string of the molecule is CN(Cc1ccc(OCc2ccccc2)cc1)C(=O)c1cc(NC(=O)c2ccccc2-c2ccc(C(F)(F)F)cc2)cn1C. The van der Waals surface area contributed by atoms with Crippen LogP contribution in [0.25, 0.3) is 11.1 Å². The zero-order valence-corrected chi connectivity index (χ0v) is 24.1. The molecule has 4 aromatic carbocycles. The predicted molar refractivity (Wildman–Crippen MR) is 163 cm³/mol. The van der Waals surface area contributed by atoms with Gasteiger partial charge in [0, 0.05) is 32.4 Å². The molecule has 1 aromatic heterocycles. The molecule has 0 saturated carbocycles. The highest BCUT2D eigenvalue weighted by molar-refractivity contribution is 6.09. The van der Waals surface area contributed by atoms with Crippen LogP contribution in [0.1, 0.15) is 37.5 Å². The Morgan fingerprint density at radius 3 is 2.18 bits per heavy atom. The van der Waals surface area contributed by atoms with Gasteiger partial charge in [-0.3, -0.25) is 9.59 Å². The first-order valence-electron chi connectivity index (χ1n) is 13.8. The second kappa shape index (κ2) is 12.9. The van der Waals surface area contributed by atoms with Crippen molar-refractivity contribution in [3.63, 3.8) is 0 Å². The number of nitrogens with zero attached hydrogens (tertiary/aromatic N) is 2. The standard InChI is InChI=1S/C35H30F3N3O3/c1-40-22-28(39-33(42)31-11-7-6-10-30(31)26-14-16-27(17-15-26)35(36,37)38)20-32(40)34(43)41(2)21-24-12-18-29(19-13-24)44-23-25-8-4-3-5-9-25/h3-20,22H,21,23H2,1-2H3,(H,39,42). The van der Waals surface area contributed by atoms with Crippen molar-refractivity contribution in [1.29, 1.82) is 0 Å². The number of carbonyl (C=O) groups is 2. The molecule has 0 bridgehead atoms. The summed E-state index contributed by atoms with van der Waals surface area (Å²) in [6.07, 6.45) is -2.81. The Morgan fingerprint density at radius 1 is 0.841 bits per heavy atom. The van der Waals surface area contributed by atoms with Crippen molar-refractivity contribution in [3.8, 4) is 16.9 Å². The van der Waals surface area contributed by atoms with Crippen molar-refractivity contribution in [2.75, 3.05) is 12.4 Å². The van der Waals surface area contributed by atoms with Gasteiger partial charge in [-0.25, -0.2) is 0 Å². The third kappa shape index (κ3) is 7.18. The number of carbonyl (C=O) groups excluding carboxylic acids is 2. The number of aryl methyl sites for hydroxylation is 1. The van der Waals surface area contributed by atoms with Gasteiger partial charge in [0.25, 0.3) is 11.8 Å². The molecule has 2 amide bonds. The molecule has 44 heavy (non-hydrogen) atoms. The summed E-state index contributed by atoms with van der Waals surface area (Å²) in [4.78, 5) is 28.1. The highest BCUT2D eigenvalue weighted by Crippen LogP contribution is 2.32. The molecule has 0 atom stereocenters. The maximum absolute atomic E-state index is 13.3. The summed E-state index contributed by atoms with van der Waals surface area (Å²) in [5.74, 6) is 0.0462. The molecule has 224 valence electrons. The van der Waals surface area contributed by atoms with Gasteiger partial charge < -0.3 is 19.5 Å². The van der Waals surface area contributed by atoms with Gasteiger partial charge in [0.1, 0.15) is 18.1 Å². The van der Waals surface area contributed by atoms with Crippen LogP contribution in [0.15, 0.2) is 115 Å². The van der Waals surface area contributed by atoms with E-state index in [1.165, 1.54) is 12.1 Å². The van der Waals surface area contributed by atoms with E-state index in [0.29, 0.717) is 35.7 Å². The number of ether oxygens (including phenoxy) is 1. The molecule has 0 aliphatic carbocycles. The van der Waals surface area contributed by atoms with Crippen molar-refractivity contribution >= 4 is 17.5 Å². The van der Waals surface area contributed by atoms with Crippen LogP contribution in [0.4, 0.5) is 18.9 Å². The van der Waals surface area contributed by atoms with E-state index < -0.39 is 17.6 Å². The molecule has 0 unspecified atom stereocenters. The summed E-state index contributed by atoms with van der Waals surface area (Å²) in [5.41, 5.74) is 3.28. The van der Waals surface area contributed by atoms with Crippen LogP contribution in [0.2, 0.25) is 0 Å². The van der Waals surface area contributed by atoms with Crippen LogP contribution in [0.3, 0.4) is 0 Å². The van der Waals surface area contributed by atoms with E-state index in [2.05, 4.69) is 5.32 Å². The van der Waals surface area contributed by atoms with E-state index in [0.717, 1.165) is 29.0 Å². The zero-order chi connectivity index (χ0) is 31.3. The molecule has 0 saturated heterocycles. The summed E-state index contributed by atoms with van der Waals surface area (Å²) in [5, 5.41) is 2.81. The third-order valence-corrected chi connectivity index (χ3v) is 7.11. The number of halogens is 3. The largest absolute Gasteiger partial charge is 0.489 e. The fourth-order valence-electron chi connectivity index (χ4n) is 4.79. The van der Waals surface area contributed by atoms with Crippen molar-refractivity contribution in [2.24, 2.45) is 7.05 Å². The van der Waals surface area contributed by atoms with Gasteiger partial charge in [-0.15, -0.1) is 0 Å². The Hall–Kier alpha value is -5.31. The Morgan fingerprint density at radius 2 is 1.50 bits per heavy atom. The Balaban J connectivity index is 1.23. The van der Waals surface area contributed by atoms with Gasteiger partial charge in [-0.1, -0.05) is 72.8 Å². The zero-order valence-electron chi connectivity index (χ0n) is 24.1. The molecular weight excluding hydrogens is 567 g/mol. The van der Waals surface area contributed by atoms with E-state index in [1.807, 2.05) is 54.6 Å². The first-order valence-corrected chi connectivity index (χ1v) is 13.8. The van der Waals surface area contributed by atoms with Crippen molar-refractivity contribution in [1.82, 2.24) is 9.47 Å². The topological polar surface area (TPSA) is 63.6 Å². The number of rotatable bonds is 9. The monoisotopic (exact) mass is 597 g/mol. The van der Waals surface area contributed by atoms with Crippen molar-refractivity contribution in [2.45, 2.75) is 19.3 Å². The molecule has 5 aromatic rings. The molecule has 0 fully saturated rings. The first kappa shape index (κ1) is 30.2. The second-order valence-corrected chi connectivity index (χ2v) is 10.4. The minimum absolute atomic E-state index is 0.234. The molecule has 0 aliphatic rings. The van der Waals surface area contributed by atoms with Crippen LogP contribution >= 0.6 is 0 Å². The smallest absolute Gasteiger partial charge is 0.416 e. The maximum atomic E-state index is 13.3. The Kier molecular flexibility index (Phi) is 8.85. The highest BCUT2D eigenvalue weighted by Gasteiger charge is 2.30. The van der Waals surface area contributed by atoms with Crippen LogP contribution in [0, 0.1) is 0 Å². The van der Waals surface area contributed by atoms with E-state index in [4.69, 9.17) is 4.74 Å². The number of benzene rings is 4. The Bertz CT molecular complexity index is 1750. The highest BCUT2D eigenvalue weighted by atomic mass is 19.4. The molecule has 5 rings (SSSR count). The fraction of sp³-hybridized carbons (Fsp3) is 0.143. The van der Waals surface area contributed by atoms with Gasteiger partial charge in [0.05, 0.1) is 11.3 Å². The molecule has 1 N–H and O–H groups in total. The lowest BCUT2D eigenvalue weighted by atomic mass is 9.98. The number of hydrogen-bond donors (Lipinski definition) is 1. The molecular formula is C35H30F3N3O3. The molecule has 0 spiro atoms. The molecule has 9 heteroatoms. The number of hydrogen-bond acceptors (Lipinski definition) is 3. The average molecular weight is 598 g/mol. The minimum atomic E-state index is -4.45. The lowest BCUT2D eigenvalue weighted by molar-refractivity contribution is -0.137. The predicted octanol–water partition coefficient (Wildman–Crippen LogP) is 7.81. The van der Waals surface area contributed by atoms with Gasteiger partial charge in [0.2, 0.25) is 0 Å². The minimum Gasteiger partial charge on any atom is -0.489 e. The summed E-state index contributed by atoms with van der Waals surface area (Å²) >= 11 is 0. The van der Waals surface area contributed by atoms with Crippen molar-refractivity contribution < 1.29 is 27.5 Å². The second-order valence-electron chi connectivity index (χ2n) is 10.4. The molecule has 0 aliphatic heterocycles. The maximum Gasteiger partial charge on any atom is 0.416 e. The quantitative estimate of drug-likeness (QED) is 0.189. The lowest BCUT2D eigenvalue weighted by Gasteiger charge is -2.18. The molecule has 1 heterocycles. The van der Waals surface area contributed by atoms with Crippen LogP contribution in [-0.4, -0.2) is 28.3 Å². The number of amides is 2. The fourth-order valence-corrected chi connectivity index (χ4v) is 4.79. The van der Waals surface area contributed by atoms with Crippen LogP contribution in [0.5, 0.6) is 5.75 Å². The molecule has 6 nitrogen and oxygen atoms in total. The first-order chi connectivity index (χ1) is 21.1. The van der Waals surface area contributed by atoms with Crippen LogP contribution < -0.4 is 10.1 Å². The summed E-state index contributed by atoms with van der Waals surface area (Å²) in [6.45, 7) is 0.830. The summed E-state index contributed by atoms with van der Waals surface area (Å²) in [6, 6.07) is 30.4. The summed E-state index contributed by atoms with van der Waals surface area (Å²) in [7, 11) is 3.42. The number of nitrogens with one attached hydrogen (secondary N) is 1. The van der Waals surface area contributed by atoms with Crippen molar-refractivity contribution in [3.05, 3.63) is 143 Å². The molecule has 0 radical (unpaired) electrons. The van der Waals surface area contributed by atoms with Gasteiger partial charge in [-0.2, -0.15) is 13.2 Å².